The lowest BCUT2D eigenvalue weighted by Gasteiger charge is -1.94. The molecule has 1 aromatic carbocycles. The Morgan fingerprint density at radius 3 is 2.77 bits per heavy atom. The first-order valence-electron chi connectivity index (χ1n) is 3.77. The minimum absolute atomic E-state index is 0.187. The number of nitrogens with zero attached hydrogens (tertiary/aromatic N) is 1. The highest BCUT2D eigenvalue weighted by Gasteiger charge is 2.04. The molecule has 0 aliphatic rings. The molecule has 0 saturated carbocycles. The van der Waals surface area contributed by atoms with E-state index in [1.807, 2.05) is 0 Å². The number of aromatic nitrogens is 1. The highest BCUT2D eigenvalue weighted by atomic mass is 16.5. The summed E-state index contributed by atoms with van der Waals surface area (Å²) in [6.07, 6.45) is 0. The lowest BCUT2D eigenvalue weighted by Crippen LogP contribution is -1.79. The van der Waals surface area contributed by atoms with Crippen molar-refractivity contribution in [3.05, 3.63) is 30.3 Å². The first-order valence-corrected chi connectivity index (χ1v) is 3.77. The van der Waals surface area contributed by atoms with Crippen LogP contribution >= 0.6 is 0 Å². The first kappa shape index (κ1) is 7.67. The second-order valence-corrected chi connectivity index (χ2v) is 2.67. The summed E-state index contributed by atoms with van der Waals surface area (Å²) in [5, 5.41) is 12.7. The molecule has 3 N–H and O–H groups in total. The summed E-state index contributed by atoms with van der Waals surface area (Å²) >= 11 is 0. The predicted molar refractivity (Wildman–Crippen MR) is 48.0 cm³/mol. The molecular weight excluding hydrogens is 168 g/mol. The van der Waals surface area contributed by atoms with Crippen molar-refractivity contribution in [3.8, 4) is 17.1 Å². The molecule has 1 aromatic heterocycles. The molecular formula is C9H8N2O2. The molecule has 4 heteroatoms. The lowest BCUT2D eigenvalue weighted by molar-refractivity contribution is 0.435. The van der Waals surface area contributed by atoms with Gasteiger partial charge in [0.2, 0.25) is 0 Å². The number of hydrogen-bond donors (Lipinski definition) is 2. The molecule has 13 heavy (non-hydrogen) atoms. The molecule has 2 aromatic rings. The van der Waals surface area contributed by atoms with Crippen molar-refractivity contribution in [3.63, 3.8) is 0 Å². The van der Waals surface area contributed by atoms with Crippen molar-refractivity contribution in [2.45, 2.75) is 0 Å². The Hall–Kier alpha value is -1.97. The Bertz CT molecular complexity index is 423. The maximum Gasteiger partial charge on any atom is 0.169 e. The quantitative estimate of drug-likeness (QED) is 0.692. The third kappa shape index (κ3) is 1.46. The van der Waals surface area contributed by atoms with Gasteiger partial charge in [0.15, 0.2) is 11.6 Å². The van der Waals surface area contributed by atoms with Gasteiger partial charge in [0.25, 0.3) is 0 Å². The third-order valence-electron chi connectivity index (χ3n) is 1.66. The molecule has 66 valence electrons. The minimum atomic E-state index is 0.187. The van der Waals surface area contributed by atoms with Crippen molar-refractivity contribution in [2.24, 2.45) is 0 Å². The maximum absolute atomic E-state index is 9.19. The minimum Gasteiger partial charge on any atom is -0.508 e. The summed E-state index contributed by atoms with van der Waals surface area (Å²) in [6, 6.07) is 8.31. The van der Waals surface area contributed by atoms with Crippen LogP contribution in [0.5, 0.6) is 5.75 Å². The molecule has 1 heterocycles. The van der Waals surface area contributed by atoms with E-state index in [9.17, 15) is 5.11 Å². The number of benzene rings is 1. The lowest BCUT2D eigenvalue weighted by atomic mass is 10.1. The molecule has 0 unspecified atom stereocenters. The van der Waals surface area contributed by atoms with Crippen LogP contribution in [-0.2, 0) is 0 Å². The average Bonchev–Trinajstić information content (AvgIpc) is 2.52. The number of phenols is 1. The first-order chi connectivity index (χ1) is 6.25. The van der Waals surface area contributed by atoms with Gasteiger partial charge in [-0.25, -0.2) is 0 Å². The van der Waals surface area contributed by atoms with Crippen LogP contribution in [-0.4, -0.2) is 10.3 Å². The van der Waals surface area contributed by atoms with E-state index < -0.39 is 0 Å². The van der Waals surface area contributed by atoms with Crippen LogP contribution in [0.3, 0.4) is 0 Å². The van der Waals surface area contributed by atoms with Crippen molar-refractivity contribution in [1.82, 2.24) is 5.16 Å². The third-order valence-corrected chi connectivity index (χ3v) is 1.66. The summed E-state index contributed by atoms with van der Waals surface area (Å²) in [5.41, 5.74) is 6.14. The van der Waals surface area contributed by atoms with Crippen molar-refractivity contribution in [2.75, 3.05) is 5.73 Å². The van der Waals surface area contributed by atoms with E-state index in [0.717, 1.165) is 5.56 Å². The van der Waals surface area contributed by atoms with Crippen LogP contribution in [0.15, 0.2) is 34.9 Å². The second kappa shape index (κ2) is 2.82. The van der Waals surface area contributed by atoms with Crippen LogP contribution in [0.1, 0.15) is 0 Å². The molecule has 0 aliphatic carbocycles. The van der Waals surface area contributed by atoms with Gasteiger partial charge in [-0.1, -0.05) is 17.3 Å². The monoisotopic (exact) mass is 176 g/mol. The number of aromatic hydroxyl groups is 1. The number of nitrogen functional groups attached to an aromatic ring is 1. The molecule has 4 nitrogen and oxygen atoms in total. The van der Waals surface area contributed by atoms with Crippen LogP contribution in [0.2, 0.25) is 0 Å². The summed E-state index contributed by atoms with van der Waals surface area (Å²) < 4.78 is 4.92. The van der Waals surface area contributed by atoms with E-state index in [0.29, 0.717) is 11.6 Å². The van der Waals surface area contributed by atoms with Crippen LogP contribution in [0.25, 0.3) is 11.3 Å². The van der Waals surface area contributed by atoms with Crippen LogP contribution in [0.4, 0.5) is 5.82 Å². The molecule has 2 rings (SSSR count). The zero-order valence-electron chi connectivity index (χ0n) is 6.77. The SMILES string of the molecule is Nc1cc(-c2cccc(O)c2)on1. The highest BCUT2D eigenvalue weighted by molar-refractivity contribution is 5.61. The van der Waals surface area contributed by atoms with Gasteiger partial charge in [-0.2, -0.15) is 0 Å². The van der Waals surface area contributed by atoms with Gasteiger partial charge in [-0.3, -0.25) is 0 Å². The van der Waals surface area contributed by atoms with Crippen molar-refractivity contribution >= 4 is 5.82 Å². The standard InChI is InChI=1S/C9H8N2O2/c10-9-5-8(13-11-9)6-2-1-3-7(12)4-6/h1-5,12H,(H2,10,11). The molecule has 0 radical (unpaired) electrons. The normalized spacial score (nSPS) is 10.2. The van der Waals surface area contributed by atoms with E-state index in [2.05, 4.69) is 5.16 Å². The van der Waals surface area contributed by atoms with E-state index in [4.69, 9.17) is 10.3 Å². The van der Waals surface area contributed by atoms with E-state index in [-0.39, 0.29) is 5.75 Å². The topological polar surface area (TPSA) is 72.3 Å². The summed E-state index contributed by atoms with van der Waals surface area (Å²) in [5.74, 6) is 1.07. The fourth-order valence-electron chi connectivity index (χ4n) is 1.08. The zero-order valence-corrected chi connectivity index (χ0v) is 6.77. The Labute approximate surface area is 74.6 Å². The Morgan fingerprint density at radius 2 is 2.15 bits per heavy atom. The summed E-state index contributed by atoms with van der Waals surface area (Å²) in [4.78, 5) is 0. The molecule has 0 atom stereocenters. The van der Waals surface area contributed by atoms with Gasteiger partial charge in [-0.05, 0) is 12.1 Å². The van der Waals surface area contributed by atoms with Crippen molar-refractivity contribution in [1.29, 1.82) is 0 Å². The zero-order chi connectivity index (χ0) is 9.26. The van der Waals surface area contributed by atoms with Gasteiger partial charge >= 0.3 is 0 Å². The Morgan fingerprint density at radius 1 is 1.31 bits per heavy atom. The second-order valence-electron chi connectivity index (χ2n) is 2.67. The molecule has 0 aliphatic heterocycles. The van der Waals surface area contributed by atoms with Gasteiger partial charge < -0.3 is 15.4 Å². The van der Waals surface area contributed by atoms with E-state index >= 15 is 0 Å². The Kier molecular flexibility index (Phi) is 1.66. The molecule has 0 amide bonds. The molecule has 0 fully saturated rings. The van der Waals surface area contributed by atoms with Gasteiger partial charge in [0.05, 0.1) is 0 Å². The largest absolute Gasteiger partial charge is 0.508 e. The fourth-order valence-corrected chi connectivity index (χ4v) is 1.08. The van der Waals surface area contributed by atoms with Gasteiger partial charge in [-0.15, -0.1) is 0 Å². The summed E-state index contributed by atoms with van der Waals surface area (Å²) in [6.45, 7) is 0. The maximum atomic E-state index is 9.19. The molecule has 0 spiro atoms. The molecule has 0 bridgehead atoms. The van der Waals surface area contributed by atoms with Crippen LogP contribution < -0.4 is 5.73 Å². The highest BCUT2D eigenvalue weighted by Crippen LogP contribution is 2.24. The number of phenolic OH excluding ortho intramolecular Hbond substituents is 1. The number of anilines is 1. The Balaban J connectivity index is 2.46. The number of nitrogens with two attached hydrogens (primary N) is 1. The number of rotatable bonds is 1. The van der Waals surface area contributed by atoms with E-state index in [1.165, 1.54) is 0 Å². The van der Waals surface area contributed by atoms with Crippen LogP contribution in [0, 0.1) is 0 Å². The average molecular weight is 176 g/mol. The number of hydrogen-bond acceptors (Lipinski definition) is 4. The van der Waals surface area contributed by atoms with Gasteiger partial charge in [0, 0.05) is 11.6 Å². The van der Waals surface area contributed by atoms with E-state index in [1.54, 1.807) is 30.3 Å². The summed E-state index contributed by atoms with van der Waals surface area (Å²) in [7, 11) is 0. The fraction of sp³-hybridized carbons (Fsp3) is 0. The van der Waals surface area contributed by atoms with Gasteiger partial charge in [0.1, 0.15) is 5.75 Å². The smallest absolute Gasteiger partial charge is 0.169 e. The predicted octanol–water partition coefficient (Wildman–Crippen LogP) is 1.63. The molecule has 0 saturated heterocycles. The van der Waals surface area contributed by atoms with Crippen molar-refractivity contribution < 1.29 is 9.63 Å².